The minimum absolute atomic E-state index is 0.157. The van der Waals surface area contributed by atoms with Gasteiger partial charge < -0.3 is 14.3 Å². The van der Waals surface area contributed by atoms with Gasteiger partial charge in [0.15, 0.2) is 0 Å². The molecule has 1 unspecified atom stereocenters. The van der Waals surface area contributed by atoms with Crippen molar-refractivity contribution in [3.8, 4) is 5.69 Å². The Kier molecular flexibility index (Phi) is 4.97. The largest absolute Gasteiger partial charge is 0.423 e. The number of rotatable bonds is 6. The second-order valence-corrected chi connectivity index (χ2v) is 6.46. The lowest BCUT2D eigenvalue weighted by molar-refractivity contribution is 0.0924. The highest BCUT2D eigenvalue weighted by atomic mass is 16.4. The fourth-order valence-corrected chi connectivity index (χ4v) is 2.70. The Balaban J connectivity index is 1.80. The SMILES string of the molecule is Cc1nnc(C(CC(C)C)NC(=O)c2cccc(-n3cccc3)c2)o1. The van der Waals surface area contributed by atoms with Gasteiger partial charge in [-0.2, -0.15) is 0 Å². The summed E-state index contributed by atoms with van der Waals surface area (Å²) in [6, 6.07) is 11.1. The average molecular weight is 338 g/mol. The first-order valence-electron chi connectivity index (χ1n) is 8.37. The van der Waals surface area contributed by atoms with Crippen LogP contribution in [0.3, 0.4) is 0 Å². The summed E-state index contributed by atoms with van der Waals surface area (Å²) in [5, 5.41) is 11.0. The number of aryl methyl sites for hydroxylation is 1. The fraction of sp³-hybridized carbons (Fsp3) is 0.316. The van der Waals surface area contributed by atoms with Crippen LogP contribution in [0.2, 0.25) is 0 Å². The predicted octanol–water partition coefficient (Wildman–Crippen LogP) is 3.69. The molecular formula is C19H22N4O2. The lowest BCUT2D eigenvalue weighted by Crippen LogP contribution is -2.29. The summed E-state index contributed by atoms with van der Waals surface area (Å²) in [5.41, 5.74) is 1.53. The maximum absolute atomic E-state index is 12.7. The average Bonchev–Trinajstić information content (AvgIpc) is 3.25. The summed E-state index contributed by atoms with van der Waals surface area (Å²) in [4.78, 5) is 12.7. The summed E-state index contributed by atoms with van der Waals surface area (Å²) < 4.78 is 7.49. The maximum atomic E-state index is 12.7. The molecule has 3 rings (SSSR count). The van der Waals surface area contributed by atoms with Gasteiger partial charge in [-0.1, -0.05) is 19.9 Å². The van der Waals surface area contributed by atoms with Crippen molar-refractivity contribution in [3.05, 3.63) is 66.1 Å². The molecule has 0 aliphatic rings. The maximum Gasteiger partial charge on any atom is 0.252 e. The number of hydrogen-bond donors (Lipinski definition) is 1. The predicted molar refractivity (Wildman–Crippen MR) is 94.5 cm³/mol. The van der Waals surface area contributed by atoms with Gasteiger partial charge in [-0.15, -0.1) is 10.2 Å². The van der Waals surface area contributed by atoms with E-state index in [4.69, 9.17) is 4.42 Å². The molecule has 0 saturated carbocycles. The van der Waals surface area contributed by atoms with E-state index < -0.39 is 0 Å². The molecule has 2 aromatic heterocycles. The number of aromatic nitrogens is 3. The standard InChI is InChI=1S/C19H22N4O2/c1-13(2)11-17(19-22-21-14(3)25-19)20-18(24)15-7-6-8-16(12-15)23-9-4-5-10-23/h4-10,12-13,17H,11H2,1-3H3,(H,20,24). The molecule has 6 heteroatoms. The smallest absolute Gasteiger partial charge is 0.252 e. The number of amides is 1. The third-order valence-corrected chi connectivity index (χ3v) is 3.86. The van der Waals surface area contributed by atoms with Crippen LogP contribution < -0.4 is 5.32 Å². The molecule has 1 atom stereocenters. The van der Waals surface area contributed by atoms with Gasteiger partial charge in [-0.25, -0.2) is 0 Å². The zero-order valence-corrected chi connectivity index (χ0v) is 14.6. The van der Waals surface area contributed by atoms with E-state index in [0.29, 0.717) is 23.3 Å². The summed E-state index contributed by atoms with van der Waals surface area (Å²) in [5.74, 6) is 1.16. The number of carbonyl (C=O) groups excluding carboxylic acids is 1. The Bertz CT molecular complexity index is 837. The van der Waals surface area contributed by atoms with Crippen LogP contribution in [0.25, 0.3) is 5.69 Å². The molecule has 25 heavy (non-hydrogen) atoms. The minimum atomic E-state index is -0.302. The Morgan fingerprint density at radius 1 is 1.20 bits per heavy atom. The van der Waals surface area contributed by atoms with Gasteiger partial charge in [-0.3, -0.25) is 4.79 Å². The van der Waals surface area contributed by atoms with Crippen molar-refractivity contribution in [2.45, 2.75) is 33.2 Å². The van der Waals surface area contributed by atoms with Crippen molar-refractivity contribution in [1.29, 1.82) is 0 Å². The third-order valence-electron chi connectivity index (χ3n) is 3.86. The molecule has 0 aliphatic heterocycles. The summed E-state index contributed by atoms with van der Waals surface area (Å²) >= 11 is 0. The van der Waals surface area contributed by atoms with Crippen LogP contribution in [0.15, 0.2) is 53.2 Å². The molecule has 0 saturated heterocycles. The van der Waals surface area contributed by atoms with E-state index in [0.717, 1.165) is 12.1 Å². The van der Waals surface area contributed by atoms with Crippen LogP contribution in [-0.4, -0.2) is 20.7 Å². The Hall–Kier alpha value is -2.89. The van der Waals surface area contributed by atoms with Crippen molar-refractivity contribution in [1.82, 2.24) is 20.1 Å². The lowest BCUT2D eigenvalue weighted by Gasteiger charge is -2.17. The van der Waals surface area contributed by atoms with Crippen molar-refractivity contribution in [2.75, 3.05) is 0 Å². The first-order chi connectivity index (χ1) is 12.0. The van der Waals surface area contributed by atoms with E-state index in [2.05, 4.69) is 29.4 Å². The normalized spacial score (nSPS) is 12.3. The number of carbonyl (C=O) groups is 1. The summed E-state index contributed by atoms with van der Waals surface area (Å²) in [6.07, 6.45) is 4.62. The lowest BCUT2D eigenvalue weighted by atomic mass is 10.0. The monoisotopic (exact) mass is 338 g/mol. The first-order valence-corrected chi connectivity index (χ1v) is 8.37. The van der Waals surface area contributed by atoms with Gasteiger partial charge in [0.25, 0.3) is 5.91 Å². The Labute approximate surface area is 146 Å². The Morgan fingerprint density at radius 3 is 2.60 bits per heavy atom. The van der Waals surface area contributed by atoms with Gasteiger partial charge in [-0.05, 0) is 42.7 Å². The van der Waals surface area contributed by atoms with Crippen molar-refractivity contribution < 1.29 is 9.21 Å². The highest BCUT2D eigenvalue weighted by molar-refractivity contribution is 5.94. The van der Waals surface area contributed by atoms with Crippen molar-refractivity contribution in [3.63, 3.8) is 0 Å². The molecule has 0 fully saturated rings. The molecule has 130 valence electrons. The topological polar surface area (TPSA) is 73.0 Å². The number of nitrogens with zero attached hydrogens (tertiary/aromatic N) is 3. The molecule has 3 aromatic rings. The fourth-order valence-electron chi connectivity index (χ4n) is 2.70. The van der Waals surface area contributed by atoms with Crippen molar-refractivity contribution in [2.24, 2.45) is 5.92 Å². The molecule has 0 spiro atoms. The second kappa shape index (κ2) is 7.34. The Morgan fingerprint density at radius 2 is 1.96 bits per heavy atom. The van der Waals surface area contributed by atoms with Gasteiger partial charge in [0.05, 0.1) is 0 Å². The van der Waals surface area contributed by atoms with E-state index >= 15 is 0 Å². The zero-order chi connectivity index (χ0) is 17.8. The minimum Gasteiger partial charge on any atom is -0.423 e. The molecule has 1 aromatic carbocycles. The van der Waals surface area contributed by atoms with Crippen molar-refractivity contribution >= 4 is 5.91 Å². The van der Waals surface area contributed by atoms with Crippen LogP contribution in [-0.2, 0) is 0 Å². The molecule has 0 radical (unpaired) electrons. The van der Waals surface area contributed by atoms with E-state index in [-0.39, 0.29) is 11.9 Å². The van der Waals surface area contributed by atoms with Gasteiger partial charge in [0, 0.05) is 30.6 Å². The van der Waals surface area contributed by atoms with Crippen LogP contribution in [0.4, 0.5) is 0 Å². The van der Waals surface area contributed by atoms with Gasteiger partial charge in [0.2, 0.25) is 11.8 Å². The zero-order valence-electron chi connectivity index (χ0n) is 14.6. The highest BCUT2D eigenvalue weighted by Gasteiger charge is 2.22. The van der Waals surface area contributed by atoms with Gasteiger partial charge in [0.1, 0.15) is 6.04 Å². The number of nitrogens with one attached hydrogen (secondary N) is 1. The summed E-state index contributed by atoms with van der Waals surface area (Å²) in [7, 11) is 0. The third kappa shape index (κ3) is 4.15. The highest BCUT2D eigenvalue weighted by Crippen LogP contribution is 2.21. The number of hydrogen-bond acceptors (Lipinski definition) is 4. The van der Waals surface area contributed by atoms with Gasteiger partial charge >= 0.3 is 0 Å². The molecular weight excluding hydrogens is 316 g/mol. The molecule has 1 N–H and O–H groups in total. The molecule has 2 heterocycles. The van der Waals surface area contributed by atoms with E-state index in [9.17, 15) is 4.79 Å². The molecule has 1 amide bonds. The second-order valence-electron chi connectivity index (χ2n) is 6.46. The molecule has 6 nitrogen and oxygen atoms in total. The molecule has 0 aliphatic carbocycles. The number of benzene rings is 1. The first kappa shape index (κ1) is 17.0. The van der Waals surface area contributed by atoms with Crippen LogP contribution in [0, 0.1) is 12.8 Å². The van der Waals surface area contributed by atoms with Crippen LogP contribution >= 0.6 is 0 Å². The van der Waals surface area contributed by atoms with Crippen LogP contribution in [0.5, 0.6) is 0 Å². The molecule has 0 bridgehead atoms. The van der Waals surface area contributed by atoms with E-state index in [1.165, 1.54) is 0 Å². The van der Waals surface area contributed by atoms with Crippen LogP contribution in [0.1, 0.15) is 48.4 Å². The summed E-state index contributed by atoms with van der Waals surface area (Å²) in [6.45, 7) is 5.93. The van der Waals surface area contributed by atoms with E-state index in [1.54, 1.807) is 13.0 Å². The van der Waals surface area contributed by atoms with E-state index in [1.807, 2.05) is 47.3 Å². The quantitative estimate of drug-likeness (QED) is 0.744.